The summed E-state index contributed by atoms with van der Waals surface area (Å²) in [6, 6.07) is 5.68. The Labute approximate surface area is 90.7 Å². The first-order valence-corrected chi connectivity index (χ1v) is 4.85. The van der Waals surface area contributed by atoms with Crippen molar-refractivity contribution in [3.63, 3.8) is 0 Å². The molecule has 5 nitrogen and oxygen atoms in total. The molecule has 0 atom stereocenters. The maximum Gasteiger partial charge on any atom is 0.348 e. The summed E-state index contributed by atoms with van der Waals surface area (Å²) in [6.45, 7) is 0.399. The van der Waals surface area contributed by atoms with Crippen LogP contribution in [0.1, 0.15) is 5.82 Å². The first-order chi connectivity index (χ1) is 7.70. The Morgan fingerprint density at radius 1 is 1.50 bits per heavy atom. The number of nitrogens with zero attached hydrogens (tertiary/aromatic N) is 2. The summed E-state index contributed by atoms with van der Waals surface area (Å²) in [4.78, 5) is 14.1. The molecule has 0 amide bonds. The van der Waals surface area contributed by atoms with Crippen molar-refractivity contribution >= 4 is 0 Å². The van der Waals surface area contributed by atoms with Gasteiger partial charge in [0.05, 0.1) is 5.69 Å². The standard InChI is InChI=1S/C10H11FN4O/c11-7-2-1-3-8(6-7)15-10(16)13-9(14-15)4-5-12/h1-3,6H,4-5,12H2,(H,13,14,16). The van der Waals surface area contributed by atoms with Gasteiger partial charge in [-0.3, -0.25) is 4.98 Å². The summed E-state index contributed by atoms with van der Waals surface area (Å²) in [6.07, 6.45) is 0.484. The second-order valence-corrected chi connectivity index (χ2v) is 3.31. The number of halogens is 1. The van der Waals surface area contributed by atoms with Gasteiger partial charge in [0, 0.05) is 6.42 Å². The number of benzene rings is 1. The Morgan fingerprint density at radius 2 is 2.31 bits per heavy atom. The molecule has 16 heavy (non-hydrogen) atoms. The van der Waals surface area contributed by atoms with Crippen LogP contribution in [0, 0.1) is 5.82 Å². The number of H-pyrrole nitrogens is 1. The van der Waals surface area contributed by atoms with Crippen LogP contribution in [0.25, 0.3) is 5.69 Å². The van der Waals surface area contributed by atoms with E-state index in [0.29, 0.717) is 24.5 Å². The van der Waals surface area contributed by atoms with Crippen LogP contribution in [-0.2, 0) is 6.42 Å². The highest BCUT2D eigenvalue weighted by molar-refractivity contribution is 5.30. The molecule has 0 unspecified atom stereocenters. The zero-order valence-corrected chi connectivity index (χ0v) is 8.48. The fourth-order valence-electron chi connectivity index (χ4n) is 1.40. The molecule has 0 radical (unpaired) electrons. The molecule has 1 aromatic heterocycles. The molecule has 0 fully saturated rings. The van der Waals surface area contributed by atoms with Crippen molar-refractivity contribution in [3.05, 3.63) is 46.4 Å². The van der Waals surface area contributed by atoms with Gasteiger partial charge in [0.2, 0.25) is 0 Å². The van der Waals surface area contributed by atoms with Crippen molar-refractivity contribution in [1.29, 1.82) is 0 Å². The Balaban J connectivity index is 2.44. The van der Waals surface area contributed by atoms with Crippen LogP contribution in [-0.4, -0.2) is 21.3 Å². The Hall–Kier alpha value is -1.95. The van der Waals surface area contributed by atoms with Gasteiger partial charge in [0.1, 0.15) is 11.6 Å². The van der Waals surface area contributed by atoms with Gasteiger partial charge in [0.25, 0.3) is 0 Å². The highest BCUT2D eigenvalue weighted by Gasteiger charge is 2.06. The van der Waals surface area contributed by atoms with E-state index in [9.17, 15) is 9.18 Å². The van der Waals surface area contributed by atoms with Crippen molar-refractivity contribution in [2.75, 3.05) is 6.54 Å². The molecule has 6 heteroatoms. The van der Waals surface area contributed by atoms with Crippen LogP contribution >= 0.6 is 0 Å². The second-order valence-electron chi connectivity index (χ2n) is 3.31. The first-order valence-electron chi connectivity index (χ1n) is 4.85. The number of aromatic nitrogens is 3. The van der Waals surface area contributed by atoms with E-state index in [1.807, 2.05) is 0 Å². The molecular weight excluding hydrogens is 211 g/mol. The summed E-state index contributed by atoms with van der Waals surface area (Å²) >= 11 is 0. The SMILES string of the molecule is NCCc1nn(-c2cccc(F)c2)c(=O)[nH]1. The Kier molecular flexibility index (Phi) is 2.82. The zero-order chi connectivity index (χ0) is 11.5. The number of nitrogens with two attached hydrogens (primary N) is 1. The minimum Gasteiger partial charge on any atom is -0.330 e. The zero-order valence-electron chi connectivity index (χ0n) is 8.48. The normalized spacial score (nSPS) is 10.6. The van der Waals surface area contributed by atoms with Gasteiger partial charge in [-0.2, -0.15) is 9.78 Å². The van der Waals surface area contributed by atoms with Crippen LogP contribution in [0.3, 0.4) is 0 Å². The highest BCUT2D eigenvalue weighted by atomic mass is 19.1. The summed E-state index contributed by atoms with van der Waals surface area (Å²) in [7, 11) is 0. The van der Waals surface area contributed by atoms with E-state index in [4.69, 9.17) is 5.73 Å². The van der Waals surface area contributed by atoms with Gasteiger partial charge < -0.3 is 5.73 Å². The molecule has 0 saturated heterocycles. The second kappa shape index (κ2) is 4.28. The van der Waals surface area contributed by atoms with Gasteiger partial charge in [-0.25, -0.2) is 9.18 Å². The fraction of sp³-hybridized carbons (Fsp3) is 0.200. The predicted molar refractivity (Wildman–Crippen MR) is 56.9 cm³/mol. The number of hydrogen-bond acceptors (Lipinski definition) is 3. The van der Waals surface area contributed by atoms with Gasteiger partial charge in [0.15, 0.2) is 0 Å². The number of aromatic amines is 1. The van der Waals surface area contributed by atoms with Gasteiger partial charge in [-0.05, 0) is 24.7 Å². The third kappa shape index (κ3) is 2.01. The molecule has 0 aliphatic heterocycles. The van der Waals surface area contributed by atoms with Crippen LogP contribution in [0.4, 0.5) is 4.39 Å². The van der Waals surface area contributed by atoms with Crippen molar-refractivity contribution in [1.82, 2.24) is 14.8 Å². The highest BCUT2D eigenvalue weighted by Crippen LogP contribution is 2.06. The lowest BCUT2D eigenvalue weighted by atomic mass is 10.3. The topological polar surface area (TPSA) is 76.7 Å². The molecule has 1 aromatic carbocycles. The average molecular weight is 222 g/mol. The molecule has 3 N–H and O–H groups in total. The van der Waals surface area contributed by atoms with E-state index >= 15 is 0 Å². The Bertz CT molecular complexity index is 546. The molecule has 2 rings (SSSR count). The third-order valence-electron chi connectivity index (χ3n) is 2.10. The van der Waals surface area contributed by atoms with Crippen LogP contribution in [0.2, 0.25) is 0 Å². The number of nitrogens with one attached hydrogen (secondary N) is 1. The van der Waals surface area contributed by atoms with Gasteiger partial charge >= 0.3 is 5.69 Å². The number of rotatable bonds is 3. The van der Waals surface area contributed by atoms with Crippen LogP contribution in [0.15, 0.2) is 29.1 Å². The van der Waals surface area contributed by atoms with Gasteiger partial charge in [-0.15, -0.1) is 0 Å². The summed E-state index contributed by atoms with van der Waals surface area (Å²) in [5.41, 5.74) is 5.35. The average Bonchev–Trinajstić information content (AvgIpc) is 2.60. The molecule has 84 valence electrons. The van der Waals surface area contributed by atoms with Crippen molar-refractivity contribution in [2.24, 2.45) is 5.73 Å². The summed E-state index contributed by atoms with van der Waals surface area (Å²) in [5.74, 6) is 0.0875. The smallest absolute Gasteiger partial charge is 0.330 e. The van der Waals surface area contributed by atoms with Crippen LogP contribution in [0.5, 0.6) is 0 Å². The lowest BCUT2D eigenvalue weighted by Gasteiger charge is -1.98. The van der Waals surface area contributed by atoms with Crippen LogP contribution < -0.4 is 11.4 Å². The minimum atomic E-state index is -0.409. The summed E-state index contributed by atoms with van der Waals surface area (Å²) < 4.78 is 14.1. The maximum atomic E-state index is 13.0. The lowest BCUT2D eigenvalue weighted by molar-refractivity contribution is 0.624. The minimum absolute atomic E-state index is 0.393. The monoisotopic (exact) mass is 222 g/mol. The quantitative estimate of drug-likeness (QED) is 0.778. The Morgan fingerprint density at radius 3 is 3.00 bits per heavy atom. The van der Waals surface area contributed by atoms with Crippen molar-refractivity contribution in [2.45, 2.75) is 6.42 Å². The molecule has 0 aliphatic rings. The molecule has 1 heterocycles. The van der Waals surface area contributed by atoms with E-state index in [0.717, 1.165) is 4.68 Å². The van der Waals surface area contributed by atoms with E-state index in [2.05, 4.69) is 10.1 Å². The van der Waals surface area contributed by atoms with E-state index < -0.39 is 11.5 Å². The van der Waals surface area contributed by atoms with Crippen molar-refractivity contribution in [3.8, 4) is 5.69 Å². The van der Waals surface area contributed by atoms with E-state index in [1.54, 1.807) is 6.07 Å². The third-order valence-corrected chi connectivity index (χ3v) is 2.10. The largest absolute Gasteiger partial charge is 0.348 e. The molecule has 0 bridgehead atoms. The maximum absolute atomic E-state index is 13.0. The first kappa shape index (κ1) is 10.6. The predicted octanol–water partition coefficient (Wildman–Crippen LogP) is 0.201. The van der Waals surface area contributed by atoms with Gasteiger partial charge in [-0.1, -0.05) is 6.07 Å². The van der Waals surface area contributed by atoms with Crippen molar-refractivity contribution < 1.29 is 4.39 Å². The summed E-state index contributed by atoms with van der Waals surface area (Å²) in [5, 5.41) is 4.01. The van der Waals surface area contributed by atoms with E-state index in [-0.39, 0.29) is 0 Å². The molecular formula is C10H11FN4O. The molecule has 0 saturated carbocycles. The van der Waals surface area contributed by atoms with E-state index in [1.165, 1.54) is 18.2 Å². The number of hydrogen-bond donors (Lipinski definition) is 2. The fourth-order valence-corrected chi connectivity index (χ4v) is 1.40. The molecule has 0 spiro atoms. The molecule has 0 aliphatic carbocycles. The lowest BCUT2D eigenvalue weighted by Crippen LogP contribution is -2.15. The molecule has 2 aromatic rings.